The van der Waals surface area contributed by atoms with Gasteiger partial charge in [-0.05, 0) is 43.8 Å². The summed E-state index contributed by atoms with van der Waals surface area (Å²) in [7, 11) is 0. The Kier molecular flexibility index (Phi) is 4.89. The van der Waals surface area contributed by atoms with E-state index in [4.69, 9.17) is 4.99 Å². The molecule has 2 aromatic rings. The number of amidine groups is 1. The van der Waals surface area contributed by atoms with Crippen molar-refractivity contribution >= 4 is 39.5 Å². The summed E-state index contributed by atoms with van der Waals surface area (Å²) in [5, 5.41) is 16.3. The predicted octanol–water partition coefficient (Wildman–Crippen LogP) is 3.92. The Balaban J connectivity index is 1.58. The van der Waals surface area contributed by atoms with Crippen LogP contribution in [0.1, 0.15) is 25.0 Å². The predicted molar refractivity (Wildman–Crippen MR) is 114 cm³/mol. The van der Waals surface area contributed by atoms with Gasteiger partial charge in [0, 0.05) is 32.7 Å². The van der Waals surface area contributed by atoms with E-state index in [1.807, 2.05) is 18.2 Å². The van der Waals surface area contributed by atoms with Gasteiger partial charge in [0.15, 0.2) is 0 Å². The summed E-state index contributed by atoms with van der Waals surface area (Å²) in [4.78, 5) is 21.1. The third-order valence-corrected chi connectivity index (χ3v) is 6.46. The molecule has 0 amide bonds. The molecule has 1 saturated heterocycles. The highest BCUT2D eigenvalue weighted by molar-refractivity contribution is 7.14. The minimum atomic E-state index is -0.746. The lowest BCUT2D eigenvalue weighted by Crippen LogP contribution is -2.52. The van der Waals surface area contributed by atoms with E-state index in [2.05, 4.69) is 33.5 Å². The van der Waals surface area contributed by atoms with Crippen molar-refractivity contribution in [3.05, 3.63) is 40.8 Å². The standard InChI is InChI=1S/C21H26N4O2S/c1-14-12-28-19-17(14)18(22-15-6-4-5-7-16(15)23-19)25-10-8-24(9-11-25)13-21(2,3)20(26)27/h4-7,12,23H,8-11,13H2,1-3H3,(H,26,27). The molecular formula is C21H26N4O2S. The van der Waals surface area contributed by atoms with Crippen LogP contribution in [-0.4, -0.2) is 59.4 Å². The molecule has 2 N–H and O–H groups in total. The van der Waals surface area contributed by atoms with Crippen LogP contribution in [0.4, 0.5) is 16.4 Å². The van der Waals surface area contributed by atoms with Gasteiger partial charge in [-0.2, -0.15) is 0 Å². The molecule has 0 radical (unpaired) electrons. The summed E-state index contributed by atoms with van der Waals surface area (Å²) in [6, 6.07) is 8.14. The molecule has 6 nitrogen and oxygen atoms in total. The Labute approximate surface area is 169 Å². The van der Waals surface area contributed by atoms with Crippen LogP contribution < -0.4 is 5.32 Å². The molecule has 0 aliphatic carbocycles. The van der Waals surface area contributed by atoms with Crippen LogP contribution in [0.5, 0.6) is 0 Å². The lowest BCUT2D eigenvalue weighted by molar-refractivity contribution is -0.148. The number of carbonyl (C=O) groups is 1. The molecule has 4 rings (SSSR count). The smallest absolute Gasteiger partial charge is 0.310 e. The maximum atomic E-state index is 11.4. The average molecular weight is 399 g/mol. The minimum Gasteiger partial charge on any atom is -0.481 e. The summed E-state index contributed by atoms with van der Waals surface area (Å²) in [5.74, 6) is 0.271. The van der Waals surface area contributed by atoms with Crippen LogP contribution in [0.2, 0.25) is 0 Å². The van der Waals surface area contributed by atoms with E-state index >= 15 is 0 Å². The number of aliphatic imine (C=N–C) groups is 1. The molecular weight excluding hydrogens is 372 g/mol. The normalized spacial score (nSPS) is 17.2. The van der Waals surface area contributed by atoms with Crippen LogP contribution >= 0.6 is 11.3 Å². The zero-order valence-corrected chi connectivity index (χ0v) is 17.3. The number of hydrogen-bond donors (Lipinski definition) is 2. The zero-order valence-electron chi connectivity index (χ0n) is 16.5. The van der Waals surface area contributed by atoms with E-state index in [1.165, 1.54) is 11.1 Å². The number of aryl methyl sites for hydroxylation is 1. The third-order valence-electron chi connectivity index (χ3n) is 5.45. The maximum absolute atomic E-state index is 11.4. The first kappa shape index (κ1) is 19.0. The quantitative estimate of drug-likeness (QED) is 0.820. The fourth-order valence-electron chi connectivity index (χ4n) is 3.76. The van der Waals surface area contributed by atoms with Crippen molar-refractivity contribution in [2.75, 3.05) is 38.0 Å². The van der Waals surface area contributed by atoms with Crippen molar-refractivity contribution in [2.45, 2.75) is 20.8 Å². The number of anilines is 2. The molecule has 7 heteroatoms. The highest BCUT2D eigenvalue weighted by atomic mass is 32.1. The number of piperazine rings is 1. The van der Waals surface area contributed by atoms with Crippen molar-refractivity contribution in [3.8, 4) is 0 Å². The van der Waals surface area contributed by atoms with Crippen LogP contribution in [0.25, 0.3) is 0 Å². The Bertz CT molecular complexity index is 926. The van der Waals surface area contributed by atoms with E-state index in [0.717, 1.165) is 48.4 Å². The van der Waals surface area contributed by atoms with Gasteiger partial charge in [0.05, 0.1) is 22.4 Å². The van der Waals surface area contributed by atoms with Gasteiger partial charge in [0.25, 0.3) is 0 Å². The fourth-order valence-corrected chi connectivity index (χ4v) is 4.71. The second-order valence-corrected chi connectivity index (χ2v) is 9.03. The molecule has 28 heavy (non-hydrogen) atoms. The number of benzene rings is 1. The van der Waals surface area contributed by atoms with Crippen molar-refractivity contribution in [1.29, 1.82) is 0 Å². The Morgan fingerprint density at radius 3 is 2.68 bits per heavy atom. The van der Waals surface area contributed by atoms with E-state index in [-0.39, 0.29) is 0 Å². The minimum absolute atomic E-state index is 0.565. The van der Waals surface area contributed by atoms with Crippen molar-refractivity contribution in [1.82, 2.24) is 9.80 Å². The fraction of sp³-hybridized carbons (Fsp3) is 0.429. The zero-order chi connectivity index (χ0) is 19.9. The number of rotatable bonds is 3. The Hall–Kier alpha value is -2.38. The summed E-state index contributed by atoms with van der Waals surface area (Å²) in [5.41, 5.74) is 3.66. The van der Waals surface area contributed by atoms with Gasteiger partial charge in [-0.1, -0.05) is 12.1 Å². The second-order valence-electron chi connectivity index (χ2n) is 8.15. The van der Waals surface area contributed by atoms with Gasteiger partial charge in [-0.3, -0.25) is 9.69 Å². The second kappa shape index (κ2) is 7.22. The van der Waals surface area contributed by atoms with Crippen molar-refractivity contribution in [2.24, 2.45) is 10.4 Å². The lowest BCUT2D eigenvalue weighted by atomic mass is 9.93. The molecule has 148 valence electrons. The SMILES string of the molecule is Cc1csc2c1C(N1CCN(CC(C)(C)C(=O)O)CC1)=Nc1ccccc1N2. The van der Waals surface area contributed by atoms with E-state index in [1.54, 1.807) is 25.2 Å². The highest BCUT2D eigenvalue weighted by Gasteiger charge is 2.32. The van der Waals surface area contributed by atoms with Crippen molar-refractivity contribution in [3.63, 3.8) is 0 Å². The molecule has 0 spiro atoms. The summed E-state index contributed by atoms with van der Waals surface area (Å²) < 4.78 is 0. The largest absolute Gasteiger partial charge is 0.481 e. The van der Waals surface area contributed by atoms with Crippen molar-refractivity contribution < 1.29 is 9.90 Å². The van der Waals surface area contributed by atoms with Gasteiger partial charge in [-0.15, -0.1) is 11.3 Å². The third kappa shape index (κ3) is 3.52. The number of nitrogens with one attached hydrogen (secondary N) is 1. The molecule has 1 aromatic heterocycles. The average Bonchev–Trinajstić information content (AvgIpc) is 2.92. The van der Waals surface area contributed by atoms with Gasteiger partial charge in [0.2, 0.25) is 0 Å². The molecule has 1 aromatic carbocycles. The lowest BCUT2D eigenvalue weighted by Gasteiger charge is -2.39. The topological polar surface area (TPSA) is 68.2 Å². The van der Waals surface area contributed by atoms with E-state index < -0.39 is 11.4 Å². The number of hydrogen-bond acceptors (Lipinski definition) is 6. The molecule has 3 heterocycles. The van der Waals surface area contributed by atoms with Gasteiger partial charge >= 0.3 is 5.97 Å². The number of carboxylic acids is 1. The van der Waals surface area contributed by atoms with Gasteiger partial charge in [-0.25, -0.2) is 4.99 Å². The summed E-state index contributed by atoms with van der Waals surface area (Å²) in [6.45, 7) is 9.63. The van der Waals surface area contributed by atoms with Crippen LogP contribution in [0, 0.1) is 12.3 Å². The molecule has 2 aliphatic rings. The summed E-state index contributed by atoms with van der Waals surface area (Å²) >= 11 is 1.71. The maximum Gasteiger partial charge on any atom is 0.310 e. The number of para-hydroxylation sites is 2. The highest BCUT2D eigenvalue weighted by Crippen LogP contribution is 2.39. The van der Waals surface area contributed by atoms with Gasteiger partial charge < -0.3 is 15.3 Å². The number of carboxylic acid groups (broad SMARTS) is 1. The molecule has 0 saturated carbocycles. The van der Waals surface area contributed by atoms with Crippen LogP contribution in [-0.2, 0) is 4.79 Å². The molecule has 1 fully saturated rings. The number of nitrogens with zero attached hydrogens (tertiary/aromatic N) is 3. The van der Waals surface area contributed by atoms with Crippen LogP contribution in [0.15, 0.2) is 34.6 Å². The molecule has 0 unspecified atom stereocenters. The monoisotopic (exact) mass is 398 g/mol. The molecule has 0 atom stereocenters. The van der Waals surface area contributed by atoms with Crippen LogP contribution in [0.3, 0.4) is 0 Å². The van der Waals surface area contributed by atoms with Gasteiger partial charge in [0.1, 0.15) is 10.8 Å². The number of aliphatic carboxylic acids is 1. The summed E-state index contributed by atoms with van der Waals surface area (Å²) in [6.07, 6.45) is 0. The Morgan fingerprint density at radius 2 is 1.96 bits per heavy atom. The first-order chi connectivity index (χ1) is 13.3. The number of thiophene rings is 1. The Morgan fingerprint density at radius 1 is 1.25 bits per heavy atom. The first-order valence-corrected chi connectivity index (χ1v) is 10.5. The first-order valence-electron chi connectivity index (χ1n) is 9.59. The molecule has 0 bridgehead atoms. The van der Waals surface area contributed by atoms with E-state index in [9.17, 15) is 9.90 Å². The molecule has 2 aliphatic heterocycles. The number of fused-ring (bicyclic) bond motifs is 2. The van der Waals surface area contributed by atoms with E-state index in [0.29, 0.717) is 6.54 Å².